The Morgan fingerprint density at radius 2 is 1.04 bits per heavy atom. The Hall–Kier alpha value is -1.32. The third-order valence-electron chi connectivity index (χ3n) is 5.56. The molecule has 0 N–H and O–H groups in total. The average molecular weight is 397 g/mol. The van der Waals surface area contributed by atoms with Crippen molar-refractivity contribution < 1.29 is 19.1 Å². The molecule has 2 unspecified atom stereocenters. The number of hydrogen-bond donors (Lipinski definition) is 0. The Morgan fingerprint density at radius 3 is 1.36 bits per heavy atom. The molecule has 0 aliphatic heterocycles. The first-order valence-electron chi connectivity index (χ1n) is 11.5. The van der Waals surface area contributed by atoms with E-state index in [0.717, 1.165) is 38.5 Å². The Balaban J connectivity index is 3.95. The van der Waals surface area contributed by atoms with Crippen molar-refractivity contribution in [2.75, 3.05) is 13.2 Å². The highest BCUT2D eigenvalue weighted by atomic mass is 16.6. The fourth-order valence-electron chi connectivity index (χ4n) is 3.42. The van der Waals surface area contributed by atoms with Gasteiger partial charge in [-0.2, -0.15) is 0 Å². The molecule has 4 nitrogen and oxygen atoms in total. The van der Waals surface area contributed by atoms with Crippen molar-refractivity contribution in [3.05, 3.63) is 12.2 Å². The number of rotatable bonds is 18. The van der Waals surface area contributed by atoms with E-state index in [4.69, 9.17) is 9.47 Å². The lowest BCUT2D eigenvalue weighted by Crippen LogP contribution is -2.18. The van der Waals surface area contributed by atoms with Crippen LogP contribution in [0, 0.1) is 11.8 Å². The predicted octanol–water partition coefficient (Wildman–Crippen LogP) is 6.62. The zero-order valence-corrected chi connectivity index (χ0v) is 18.9. The van der Waals surface area contributed by atoms with Crippen LogP contribution in [0.25, 0.3) is 0 Å². The van der Waals surface area contributed by atoms with Gasteiger partial charge in [0.05, 0.1) is 13.2 Å². The normalized spacial score (nSPS) is 13.0. The number of unbranched alkanes of at least 4 members (excludes halogenated alkanes) is 2. The van der Waals surface area contributed by atoms with Crippen molar-refractivity contribution in [1.29, 1.82) is 0 Å². The Bertz CT molecular complexity index is 392. The summed E-state index contributed by atoms with van der Waals surface area (Å²) in [6.07, 6.45) is 13.5. The maximum atomic E-state index is 12.0. The number of esters is 2. The monoisotopic (exact) mass is 396 g/mol. The van der Waals surface area contributed by atoms with Gasteiger partial charge in [0.15, 0.2) is 0 Å². The molecule has 0 spiro atoms. The summed E-state index contributed by atoms with van der Waals surface area (Å²) in [6.45, 7) is 13.0. The van der Waals surface area contributed by atoms with Crippen molar-refractivity contribution in [3.63, 3.8) is 0 Å². The lowest BCUT2D eigenvalue weighted by molar-refractivity contribution is -0.147. The minimum atomic E-state index is -0.652. The second-order valence-corrected chi connectivity index (χ2v) is 7.87. The van der Waals surface area contributed by atoms with E-state index in [0.29, 0.717) is 25.0 Å². The molecule has 0 heterocycles. The van der Waals surface area contributed by atoms with Crippen LogP contribution in [0.4, 0.5) is 0 Å². The van der Waals surface area contributed by atoms with Gasteiger partial charge in [-0.25, -0.2) is 9.59 Å². The summed E-state index contributed by atoms with van der Waals surface area (Å²) in [5, 5.41) is 0. The zero-order valence-electron chi connectivity index (χ0n) is 18.9. The SMILES string of the molecule is C=C(C(=O)OCCCC(CC)CCCC)C(=O)OCCCC(CC)CCCC. The van der Waals surface area contributed by atoms with Gasteiger partial charge in [0.25, 0.3) is 0 Å². The van der Waals surface area contributed by atoms with E-state index in [1.807, 2.05) is 0 Å². The quantitative estimate of drug-likeness (QED) is 0.0858. The molecule has 0 aromatic carbocycles. The van der Waals surface area contributed by atoms with Gasteiger partial charge in [0.2, 0.25) is 0 Å². The fraction of sp³-hybridized carbons (Fsp3) is 0.833. The molecule has 4 heteroatoms. The lowest BCUT2D eigenvalue weighted by atomic mass is 9.94. The second-order valence-electron chi connectivity index (χ2n) is 7.87. The molecule has 0 saturated carbocycles. The molecule has 0 aromatic rings. The highest BCUT2D eigenvalue weighted by molar-refractivity contribution is 6.13. The largest absolute Gasteiger partial charge is 0.462 e. The van der Waals surface area contributed by atoms with Crippen LogP contribution in [0.3, 0.4) is 0 Å². The molecular weight excluding hydrogens is 352 g/mol. The van der Waals surface area contributed by atoms with E-state index in [9.17, 15) is 9.59 Å². The van der Waals surface area contributed by atoms with E-state index >= 15 is 0 Å². The number of hydrogen-bond acceptors (Lipinski definition) is 4. The van der Waals surface area contributed by atoms with Crippen LogP contribution in [0.1, 0.15) is 105 Å². The van der Waals surface area contributed by atoms with Crippen molar-refractivity contribution >= 4 is 11.9 Å². The van der Waals surface area contributed by atoms with Gasteiger partial charge < -0.3 is 9.47 Å². The van der Waals surface area contributed by atoms with Crippen LogP contribution < -0.4 is 0 Å². The highest BCUT2D eigenvalue weighted by Gasteiger charge is 2.19. The zero-order chi connectivity index (χ0) is 21.2. The van der Waals surface area contributed by atoms with Gasteiger partial charge in [0.1, 0.15) is 5.57 Å². The minimum absolute atomic E-state index is 0.198. The van der Waals surface area contributed by atoms with Crippen LogP contribution in [0.15, 0.2) is 12.2 Å². The summed E-state index contributed by atoms with van der Waals surface area (Å²) >= 11 is 0. The molecule has 0 aromatic heterocycles. The molecule has 0 fully saturated rings. The summed E-state index contributed by atoms with van der Waals surface area (Å²) in [6, 6.07) is 0. The van der Waals surface area contributed by atoms with Gasteiger partial charge in [-0.05, 0) is 37.5 Å². The van der Waals surface area contributed by atoms with Crippen molar-refractivity contribution in [2.45, 2.75) is 105 Å². The van der Waals surface area contributed by atoms with Crippen molar-refractivity contribution in [1.82, 2.24) is 0 Å². The molecule has 164 valence electrons. The molecule has 0 rings (SSSR count). The summed E-state index contributed by atoms with van der Waals surface area (Å²) in [7, 11) is 0. The van der Waals surface area contributed by atoms with Gasteiger partial charge >= 0.3 is 11.9 Å². The minimum Gasteiger partial charge on any atom is -0.462 e. The van der Waals surface area contributed by atoms with E-state index in [2.05, 4.69) is 34.3 Å². The molecule has 0 radical (unpaired) electrons. The van der Waals surface area contributed by atoms with Crippen LogP contribution in [0.5, 0.6) is 0 Å². The molecule has 28 heavy (non-hydrogen) atoms. The van der Waals surface area contributed by atoms with Crippen LogP contribution in [-0.2, 0) is 19.1 Å². The van der Waals surface area contributed by atoms with E-state index < -0.39 is 11.9 Å². The van der Waals surface area contributed by atoms with Crippen LogP contribution in [-0.4, -0.2) is 25.2 Å². The molecular formula is C24H44O4. The first-order chi connectivity index (χ1) is 13.5. The first-order valence-corrected chi connectivity index (χ1v) is 11.5. The highest BCUT2D eigenvalue weighted by Crippen LogP contribution is 2.19. The van der Waals surface area contributed by atoms with Crippen LogP contribution in [0.2, 0.25) is 0 Å². The fourth-order valence-corrected chi connectivity index (χ4v) is 3.42. The van der Waals surface area contributed by atoms with Gasteiger partial charge in [-0.15, -0.1) is 0 Å². The van der Waals surface area contributed by atoms with Gasteiger partial charge in [0, 0.05) is 0 Å². The topological polar surface area (TPSA) is 52.6 Å². The summed E-state index contributed by atoms with van der Waals surface area (Å²) < 4.78 is 10.4. The third kappa shape index (κ3) is 13.0. The number of carbonyl (C=O) groups excluding carboxylic acids is 2. The molecule has 2 atom stereocenters. The number of ether oxygens (including phenoxy) is 2. The maximum absolute atomic E-state index is 12.0. The molecule has 0 aliphatic carbocycles. The van der Waals surface area contributed by atoms with Gasteiger partial charge in [-0.1, -0.05) is 85.6 Å². The Kier molecular flexibility index (Phi) is 16.9. The van der Waals surface area contributed by atoms with E-state index in [1.54, 1.807) is 0 Å². The Morgan fingerprint density at radius 1 is 0.679 bits per heavy atom. The van der Waals surface area contributed by atoms with Crippen LogP contribution >= 0.6 is 0 Å². The summed E-state index contributed by atoms with van der Waals surface area (Å²) in [5.74, 6) is 0.0779. The molecule has 0 saturated heterocycles. The Labute approximate surface area is 173 Å². The number of carbonyl (C=O) groups is 2. The van der Waals surface area contributed by atoms with E-state index in [1.165, 1.54) is 38.5 Å². The second kappa shape index (κ2) is 17.8. The molecule has 0 aliphatic rings. The van der Waals surface area contributed by atoms with Crippen molar-refractivity contribution in [3.8, 4) is 0 Å². The first kappa shape index (κ1) is 26.7. The summed E-state index contributed by atoms with van der Waals surface area (Å²) in [4.78, 5) is 23.9. The smallest absolute Gasteiger partial charge is 0.344 e. The average Bonchev–Trinajstić information content (AvgIpc) is 2.71. The van der Waals surface area contributed by atoms with Gasteiger partial charge in [-0.3, -0.25) is 0 Å². The standard InChI is InChI=1S/C24H44O4/c1-6-10-14-21(8-3)16-12-18-27-23(25)20(5)24(26)28-19-13-17-22(9-4)15-11-7-2/h21-22H,5-19H2,1-4H3. The molecule has 0 bridgehead atoms. The maximum Gasteiger partial charge on any atom is 0.344 e. The molecule has 0 amide bonds. The van der Waals surface area contributed by atoms with Crippen molar-refractivity contribution in [2.24, 2.45) is 11.8 Å². The lowest BCUT2D eigenvalue weighted by Gasteiger charge is -2.15. The predicted molar refractivity (Wildman–Crippen MR) is 116 cm³/mol. The summed E-state index contributed by atoms with van der Waals surface area (Å²) in [5.41, 5.74) is -0.198. The van der Waals surface area contributed by atoms with E-state index in [-0.39, 0.29) is 5.57 Å². The third-order valence-corrected chi connectivity index (χ3v) is 5.56.